The van der Waals surface area contributed by atoms with Crippen molar-refractivity contribution in [2.24, 2.45) is 11.7 Å². The first kappa shape index (κ1) is 11.6. The Morgan fingerprint density at radius 2 is 2.00 bits per heavy atom. The topological polar surface area (TPSA) is 62.9 Å². The van der Waals surface area contributed by atoms with Crippen LogP contribution in [0.1, 0.15) is 18.4 Å². The minimum atomic E-state index is 0.251. The van der Waals surface area contributed by atoms with Gasteiger partial charge in [-0.15, -0.1) is 0 Å². The predicted molar refractivity (Wildman–Crippen MR) is 64.6 cm³/mol. The highest BCUT2D eigenvalue weighted by atomic mass is 16.7. The number of ether oxygens (including phenoxy) is 4. The average Bonchev–Trinajstić information content (AvgIpc) is 3.10. The van der Waals surface area contributed by atoms with Crippen LogP contribution in [0.15, 0.2) is 12.1 Å². The Morgan fingerprint density at radius 1 is 1.22 bits per heavy atom. The summed E-state index contributed by atoms with van der Waals surface area (Å²) in [6.07, 6.45) is 2.55. The summed E-state index contributed by atoms with van der Waals surface area (Å²) in [6.45, 7) is 1.68. The molecule has 1 aromatic rings. The van der Waals surface area contributed by atoms with Crippen LogP contribution in [0.4, 0.5) is 0 Å². The van der Waals surface area contributed by atoms with Gasteiger partial charge in [0, 0.05) is 18.2 Å². The number of nitrogens with two attached hydrogens (primary N) is 1. The number of hydrogen-bond acceptors (Lipinski definition) is 5. The molecular weight excluding hydrogens is 234 g/mol. The van der Waals surface area contributed by atoms with Gasteiger partial charge >= 0.3 is 0 Å². The summed E-state index contributed by atoms with van der Waals surface area (Å²) >= 11 is 0. The molecule has 0 bridgehead atoms. The van der Waals surface area contributed by atoms with Gasteiger partial charge in [0.15, 0.2) is 18.3 Å². The van der Waals surface area contributed by atoms with E-state index in [0.717, 1.165) is 23.8 Å². The summed E-state index contributed by atoms with van der Waals surface area (Å²) in [7, 11) is 0. The van der Waals surface area contributed by atoms with Crippen molar-refractivity contribution < 1.29 is 18.9 Å². The molecule has 1 aromatic carbocycles. The fourth-order valence-corrected chi connectivity index (χ4v) is 1.86. The van der Waals surface area contributed by atoms with Crippen molar-refractivity contribution in [3.05, 3.63) is 17.7 Å². The van der Waals surface area contributed by atoms with E-state index in [1.807, 2.05) is 12.1 Å². The summed E-state index contributed by atoms with van der Waals surface area (Å²) < 4.78 is 21.6. The molecule has 1 fully saturated rings. The monoisotopic (exact) mass is 251 g/mol. The van der Waals surface area contributed by atoms with Crippen molar-refractivity contribution in [2.45, 2.75) is 19.4 Å². The largest absolute Gasteiger partial charge is 0.467 e. The minimum Gasteiger partial charge on any atom is -0.467 e. The minimum absolute atomic E-state index is 0.251. The lowest BCUT2D eigenvalue weighted by Gasteiger charge is -2.11. The lowest BCUT2D eigenvalue weighted by atomic mass is 10.2. The normalized spacial score (nSPS) is 16.9. The van der Waals surface area contributed by atoms with Crippen molar-refractivity contribution in [1.29, 1.82) is 0 Å². The van der Waals surface area contributed by atoms with Gasteiger partial charge in [-0.2, -0.15) is 0 Å². The number of fused-ring (bicyclic) bond motifs is 1. The van der Waals surface area contributed by atoms with Crippen LogP contribution in [-0.2, 0) is 11.3 Å². The first-order valence-corrected chi connectivity index (χ1v) is 6.20. The molecule has 1 aliphatic heterocycles. The van der Waals surface area contributed by atoms with E-state index in [-0.39, 0.29) is 13.6 Å². The van der Waals surface area contributed by atoms with E-state index in [1.165, 1.54) is 12.8 Å². The van der Waals surface area contributed by atoms with Crippen molar-refractivity contribution in [2.75, 3.05) is 20.2 Å². The maximum Gasteiger partial charge on any atom is 0.231 e. The van der Waals surface area contributed by atoms with E-state index in [2.05, 4.69) is 0 Å². The maximum absolute atomic E-state index is 5.69. The Kier molecular flexibility index (Phi) is 3.25. The quantitative estimate of drug-likeness (QED) is 0.615. The zero-order valence-electron chi connectivity index (χ0n) is 10.2. The molecule has 0 aromatic heterocycles. The third-order valence-corrected chi connectivity index (χ3v) is 3.12. The van der Waals surface area contributed by atoms with E-state index in [1.54, 1.807) is 0 Å². The molecule has 1 heterocycles. The Morgan fingerprint density at radius 3 is 2.72 bits per heavy atom. The second kappa shape index (κ2) is 5.04. The van der Waals surface area contributed by atoms with Crippen LogP contribution in [-0.4, -0.2) is 20.2 Å². The van der Waals surface area contributed by atoms with Crippen molar-refractivity contribution in [3.8, 4) is 17.2 Å². The molecule has 18 heavy (non-hydrogen) atoms. The van der Waals surface area contributed by atoms with Crippen LogP contribution in [0.25, 0.3) is 0 Å². The molecule has 0 saturated heterocycles. The van der Waals surface area contributed by atoms with Gasteiger partial charge in [-0.25, -0.2) is 0 Å². The molecule has 3 rings (SSSR count). The Labute approximate surface area is 106 Å². The molecule has 0 radical (unpaired) electrons. The lowest BCUT2D eigenvalue weighted by Crippen LogP contribution is -2.08. The SMILES string of the molecule is NCc1cc2c(cc1OCOCC1CC1)OCO2. The molecule has 98 valence electrons. The van der Waals surface area contributed by atoms with Gasteiger partial charge in [0.05, 0.1) is 6.61 Å². The Balaban J connectivity index is 1.62. The standard InChI is InChI=1S/C13H17NO4/c14-5-10-3-12-13(18-8-17-12)4-11(10)16-7-15-6-9-1-2-9/h3-4,9H,1-2,5-8,14H2. The fraction of sp³-hybridized carbons (Fsp3) is 0.538. The molecule has 1 aliphatic carbocycles. The number of hydrogen-bond donors (Lipinski definition) is 1. The average molecular weight is 251 g/mol. The van der Waals surface area contributed by atoms with Crippen LogP contribution in [0.3, 0.4) is 0 Å². The third-order valence-electron chi connectivity index (χ3n) is 3.12. The summed E-state index contributed by atoms with van der Waals surface area (Å²) in [5, 5.41) is 0. The van der Waals surface area contributed by atoms with E-state index in [0.29, 0.717) is 18.0 Å². The predicted octanol–water partition coefficient (Wildman–Crippen LogP) is 1.64. The first-order valence-electron chi connectivity index (χ1n) is 6.20. The third kappa shape index (κ3) is 2.52. The van der Waals surface area contributed by atoms with Gasteiger partial charge in [-0.1, -0.05) is 0 Å². The van der Waals surface area contributed by atoms with Crippen LogP contribution in [0, 0.1) is 5.92 Å². The molecular formula is C13H17NO4. The summed E-state index contributed by atoms with van der Waals surface area (Å²) in [6, 6.07) is 3.67. The van der Waals surface area contributed by atoms with E-state index >= 15 is 0 Å². The summed E-state index contributed by atoms with van der Waals surface area (Å²) in [5.74, 6) is 2.86. The van der Waals surface area contributed by atoms with E-state index < -0.39 is 0 Å². The Hall–Kier alpha value is -1.46. The van der Waals surface area contributed by atoms with Gasteiger partial charge in [0.25, 0.3) is 0 Å². The van der Waals surface area contributed by atoms with Crippen LogP contribution < -0.4 is 19.9 Å². The Bertz CT molecular complexity index is 431. The summed E-state index contributed by atoms with van der Waals surface area (Å²) in [5.41, 5.74) is 6.59. The fourth-order valence-electron chi connectivity index (χ4n) is 1.86. The number of benzene rings is 1. The van der Waals surface area contributed by atoms with Crippen LogP contribution >= 0.6 is 0 Å². The van der Waals surface area contributed by atoms with E-state index in [9.17, 15) is 0 Å². The van der Waals surface area contributed by atoms with E-state index in [4.69, 9.17) is 24.7 Å². The molecule has 2 aliphatic rings. The molecule has 1 saturated carbocycles. The van der Waals surface area contributed by atoms with Crippen molar-refractivity contribution >= 4 is 0 Å². The maximum atomic E-state index is 5.69. The van der Waals surface area contributed by atoms with Gasteiger partial charge in [-0.3, -0.25) is 0 Å². The zero-order chi connectivity index (χ0) is 12.4. The molecule has 0 amide bonds. The number of rotatable bonds is 6. The van der Waals surface area contributed by atoms with Gasteiger partial charge < -0.3 is 24.7 Å². The highest BCUT2D eigenvalue weighted by molar-refractivity contribution is 5.51. The van der Waals surface area contributed by atoms with Gasteiger partial charge in [0.2, 0.25) is 6.79 Å². The zero-order valence-corrected chi connectivity index (χ0v) is 10.2. The van der Waals surface area contributed by atoms with Crippen LogP contribution in [0.2, 0.25) is 0 Å². The van der Waals surface area contributed by atoms with Gasteiger partial charge in [0.1, 0.15) is 5.75 Å². The second-order valence-corrected chi connectivity index (χ2v) is 4.59. The smallest absolute Gasteiger partial charge is 0.231 e. The highest BCUT2D eigenvalue weighted by Crippen LogP contribution is 2.38. The summed E-state index contributed by atoms with van der Waals surface area (Å²) in [4.78, 5) is 0. The van der Waals surface area contributed by atoms with Crippen LogP contribution in [0.5, 0.6) is 17.2 Å². The van der Waals surface area contributed by atoms with Crippen molar-refractivity contribution in [3.63, 3.8) is 0 Å². The molecule has 0 unspecified atom stereocenters. The first-order chi connectivity index (χ1) is 8.86. The molecule has 0 atom stereocenters. The van der Waals surface area contributed by atoms with Gasteiger partial charge in [-0.05, 0) is 24.8 Å². The lowest BCUT2D eigenvalue weighted by molar-refractivity contribution is 0.00940. The molecule has 2 N–H and O–H groups in total. The molecule has 0 spiro atoms. The highest BCUT2D eigenvalue weighted by Gasteiger charge is 2.21. The second-order valence-electron chi connectivity index (χ2n) is 4.59. The van der Waals surface area contributed by atoms with Crippen molar-refractivity contribution in [1.82, 2.24) is 0 Å². The molecule has 5 nitrogen and oxygen atoms in total. The molecule has 5 heteroatoms.